The molecule has 0 radical (unpaired) electrons. The first-order valence-corrected chi connectivity index (χ1v) is 9.02. The van der Waals surface area contributed by atoms with E-state index in [1.165, 1.54) is 23.9 Å². The molecule has 0 atom stereocenters. The molecule has 3 aromatic rings. The number of hydrogen-bond donors (Lipinski definition) is 2. The van der Waals surface area contributed by atoms with Crippen molar-refractivity contribution < 1.29 is 19.4 Å². The van der Waals surface area contributed by atoms with Crippen LogP contribution in [0.3, 0.4) is 0 Å². The lowest BCUT2D eigenvalue weighted by Crippen LogP contribution is -2.21. The molecule has 5 nitrogen and oxygen atoms in total. The van der Waals surface area contributed by atoms with E-state index in [-0.39, 0.29) is 11.3 Å². The largest absolute Gasteiger partial charge is 0.507 e. The van der Waals surface area contributed by atoms with Gasteiger partial charge in [-0.3, -0.25) is 4.79 Å². The van der Waals surface area contributed by atoms with Crippen LogP contribution in [0.15, 0.2) is 88.7 Å². The molecule has 6 heteroatoms. The number of ether oxygens (including phenoxy) is 1. The van der Waals surface area contributed by atoms with Crippen molar-refractivity contribution >= 4 is 29.3 Å². The molecule has 0 saturated carbocycles. The van der Waals surface area contributed by atoms with Crippen LogP contribution in [0.25, 0.3) is 0 Å². The number of rotatable bonds is 6. The molecule has 0 bridgehead atoms. The van der Waals surface area contributed by atoms with Crippen molar-refractivity contribution in [2.45, 2.75) is 9.79 Å². The van der Waals surface area contributed by atoms with E-state index in [0.29, 0.717) is 5.69 Å². The summed E-state index contributed by atoms with van der Waals surface area (Å²) in [5.41, 5.74) is 0.653. The second-order valence-electron chi connectivity index (χ2n) is 5.55. The second-order valence-corrected chi connectivity index (χ2v) is 6.67. The summed E-state index contributed by atoms with van der Waals surface area (Å²) >= 11 is 1.52. The molecule has 1 amide bonds. The van der Waals surface area contributed by atoms with Crippen molar-refractivity contribution in [3.63, 3.8) is 0 Å². The van der Waals surface area contributed by atoms with Crippen molar-refractivity contribution in [2.75, 3.05) is 11.9 Å². The topological polar surface area (TPSA) is 75.6 Å². The van der Waals surface area contributed by atoms with Gasteiger partial charge in [0.1, 0.15) is 11.3 Å². The Labute approximate surface area is 161 Å². The summed E-state index contributed by atoms with van der Waals surface area (Å²) in [6.45, 7) is -0.447. The Morgan fingerprint density at radius 2 is 1.56 bits per heavy atom. The monoisotopic (exact) mass is 379 g/mol. The molecule has 2 N–H and O–H groups in total. The summed E-state index contributed by atoms with van der Waals surface area (Å²) in [6, 6.07) is 23.2. The third kappa shape index (κ3) is 5.12. The fourth-order valence-corrected chi connectivity index (χ4v) is 3.24. The molecule has 0 aliphatic rings. The summed E-state index contributed by atoms with van der Waals surface area (Å²) in [7, 11) is 0. The van der Waals surface area contributed by atoms with Gasteiger partial charge in [-0.2, -0.15) is 0 Å². The minimum Gasteiger partial charge on any atom is -0.507 e. The van der Waals surface area contributed by atoms with E-state index in [0.717, 1.165) is 9.79 Å². The third-order valence-corrected chi connectivity index (χ3v) is 4.67. The van der Waals surface area contributed by atoms with Crippen LogP contribution in [-0.2, 0) is 9.53 Å². The number of carbonyl (C=O) groups is 2. The Kier molecular flexibility index (Phi) is 6.12. The zero-order chi connectivity index (χ0) is 19.1. The predicted molar refractivity (Wildman–Crippen MR) is 104 cm³/mol. The third-order valence-electron chi connectivity index (χ3n) is 3.59. The number of phenols is 1. The van der Waals surface area contributed by atoms with Crippen LogP contribution < -0.4 is 5.32 Å². The van der Waals surface area contributed by atoms with E-state index in [4.69, 9.17) is 4.74 Å². The number of benzene rings is 3. The summed E-state index contributed by atoms with van der Waals surface area (Å²) in [6.07, 6.45) is 0. The van der Waals surface area contributed by atoms with Crippen LogP contribution in [0.4, 0.5) is 5.69 Å². The molecular weight excluding hydrogens is 362 g/mol. The van der Waals surface area contributed by atoms with Crippen LogP contribution >= 0.6 is 11.8 Å². The summed E-state index contributed by atoms with van der Waals surface area (Å²) in [5, 5.41) is 12.4. The number of para-hydroxylation sites is 2. The van der Waals surface area contributed by atoms with Gasteiger partial charge in [-0.15, -0.1) is 0 Å². The van der Waals surface area contributed by atoms with Gasteiger partial charge in [-0.25, -0.2) is 4.79 Å². The maximum atomic E-state index is 12.2. The van der Waals surface area contributed by atoms with E-state index < -0.39 is 18.5 Å². The zero-order valence-corrected chi connectivity index (χ0v) is 15.1. The van der Waals surface area contributed by atoms with Gasteiger partial charge < -0.3 is 15.2 Å². The fraction of sp³-hybridized carbons (Fsp3) is 0.0476. The van der Waals surface area contributed by atoms with Crippen molar-refractivity contribution in [1.82, 2.24) is 0 Å². The molecule has 0 heterocycles. The maximum absolute atomic E-state index is 12.2. The van der Waals surface area contributed by atoms with Gasteiger partial charge in [-0.05, 0) is 36.4 Å². The van der Waals surface area contributed by atoms with Crippen LogP contribution in [0, 0.1) is 0 Å². The molecule has 27 heavy (non-hydrogen) atoms. The van der Waals surface area contributed by atoms with Gasteiger partial charge in [-0.1, -0.05) is 54.2 Å². The lowest BCUT2D eigenvalue weighted by atomic mass is 10.2. The number of amides is 1. The Balaban J connectivity index is 1.61. The summed E-state index contributed by atoms with van der Waals surface area (Å²) < 4.78 is 4.98. The summed E-state index contributed by atoms with van der Waals surface area (Å²) in [4.78, 5) is 26.1. The van der Waals surface area contributed by atoms with Gasteiger partial charge in [0.15, 0.2) is 6.61 Å². The van der Waals surface area contributed by atoms with Gasteiger partial charge in [0.25, 0.3) is 5.91 Å². The molecule has 0 aliphatic carbocycles. The van der Waals surface area contributed by atoms with Crippen LogP contribution in [0.2, 0.25) is 0 Å². The maximum Gasteiger partial charge on any atom is 0.342 e. The average Bonchev–Trinajstić information content (AvgIpc) is 2.69. The minimum absolute atomic E-state index is 0.0188. The zero-order valence-electron chi connectivity index (χ0n) is 14.3. The van der Waals surface area contributed by atoms with Crippen molar-refractivity contribution in [2.24, 2.45) is 0 Å². The highest BCUT2D eigenvalue weighted by Gasteiger charge is 2.14. The van der Waals surface area contributed by atoms with E-state index >= 15 is 0 Å². The summed E-state index contributed by atoms with van der Waals surface area (Å²) in [5.74, 6) is -1.40. The molecule has 0 fully saturated rings. The number of nitrogens with one attached hydrogen (secondary N) is 1. The van der Waals surface area contributed by atoms with Gasteiger partial charge in [0.05, 0.1) is 5.69 Å². The molecule has 0 aromatic heterocycles. The quantitative estimate of drug-likeness (QED) is 0.623. The smallest absolute Gasteiger partial charge is 0.342 e. The highest BCUT2D eigenvalue weighted by molar-refractivity contribution is 7.99. The van der Waals surface area contributed by atoms with Gasteiger partial charge in [0.2, 0.25) is 0 Å². The second kappa shape index (κ2) is 8.91. The number of anilines is 1. The first kappa shape index (κ1) is 18.5. The molecular formula is C21H17NO4S. The van der Waals surface area contributed by atoms with Crippen LogP contribution in [-0.4, -0.2) is 23.6 Å². The van der Waals surface area contributed by atoms with Crippen molar-refractivity contribution in [3.05, 3.63) is 84.4 Å². The van der Waals surface area contributed by atoms with Crippen LogP contribution in [0.5, 0.6) is 5.75 Å². The molecule has 3 aromatic carbocycles. The SMILES string of the molecule is O=C(COC(=O)c1ccccc1O)Nc1ccccc1Sc1ccccc1. The van der Waals surface area contributed by atoms with Crippen LogP contribution in [0.1, 0.15) is 10.4 Å². The number of hydrogen-bond acceptors (Lipinski definition) is 5. The van der Waals surface area contributed by atoms with Gasteiger partial charge >= 0.3 is 5.97 Å². The van der Waals surface area contributed by atoms with Crippen molar-refractivity contribution in [3.8, 4) is 5.75 Å². The normalized spacial score (nSPS) is 10.2. The van der Waals surface area contributed by atoms with E-state index in [1.807, 2.05) is 48.5 Å². The Bertz CT molecular complexity index is 944. The van der Waals surface area contributed by atoms with E-state index in [9.17, 15) is 14.7 Å². The lowest BCUT2D eigenvalue weighted by molar-refractivity contribution is -0.119. The van der Waals surface area contributed by atoms with Crippen molar-refractivity contribution in [1.29, 1.82) is 0 Å². The number of phenolic OH excluding ortho intramolecular Hbond substituents is 1. The highest BCUT2D eigenvalue weighted by atomic mass is 32.2. The molecule has 0 spiro atoms. The lowest BCUT2D eigenvalue weighted by Gasteiger charge is -2.11. The molecule has 0 aliphatic heterocycles. The predicted octanol–water partition coefficient (Wildman–Crippen LogP) is 4.34. The fourth-order valence-electron chi connectivity index (χ4n) is 2.32. The Morgan fingerprint density at radius 1 is 0.889 bits per heavy atom. The number of esters is 1. The molecule has 136 valence electrons. The standard InChI is InChI=1S/C21H17NO4S/c23-18-12-6-4-10-16(18)21(25)26-14-20(24)22-17-11-5-7-13-19(17)27-15-8-2-1-3-9-15/h1-13,23H,14H2,(H,22,24). The number of carbonyl (C=O) groups excluding carboxylic acids is 2. The Morgan fingerprint density at radius 3 is 2.33 bits per heavy atom. The van der Waals surface area contributed by atoms with E-state index in [1.54, 1.807) is 18.2 Å². The first-order valence-electron chi connectivity index (χ1n) is 8.20. The first-order chi connectivity index (χ1) is 13.1. The molecule has 0 unspecified atom stereocenters. The Hall–Kier alpha value is -3.25. The average molecular weight is 379 g/mol. The molecule has 0 saturated heterocycles. The van der Waals surface area contributed by atoms with Gasteiger partial charge in [0, 0.05) is 9.79 Å². The minimum atomic E-state index is -0.754. The highest BCUT2D eigenvalue weighted by Crippen LogP contribution is 2.33. The number of aromatic hydroxyl groups is 1. The van der Waals surface area contributed by atoms with E-state index in [2.05, 4.69) is 5.32 Å². The molecule has 3 rings (SSSR count).